The molecule has 0 fully saturated rings. The Balaban J connectivity index is 1.61. The van der Waals surface area contributed by atoms with Crippen molar-refractivity contribution in [3.63, 3.8) is 0 Å². The number of nitrogens with one attached hydrogen (secondary N) is 1. The first-order valence-electron chi connectivity index (χ1n) is 12.7. The van der Waals surface area contributed by atoms with Gasteiger partial charge in [-0.1, -0.05) is 87.1 Å². The molecule has 0 bridgehead atoms. The zero-order valence-electron chi connectivity index (χ0n) is 22.9. The number of carbonyl (C=O) groups is 1. The minimum Gasteiger partial charge on any atom is -0.510 e. The number of aliphatic hydroxyl groups is 1. The number of rotatable bonds is 9. The molecule has 0 unspecified atom stereocenters. The maximum Gasteiger partial charge on any atom is 0.265 e. The number of aliphatic hydroxyl groups excluding tert-OH is 1. The summed E-state index contributed by atoms with van der Waals surface area (Å²) in [5, 5.41) is 32.3. The Morgan fingerprint density at radius 3 is 2.30 bits per heavy atom. The highest BCUT2D eigenvalue weighted by Gasteiger charge is 2.21. The number of carbonyl (C=O) groups excluding carboxylic acids is 1. The van der Waals surface area contributed by atoms with Crippen molar-refractivity contribution in [2.24, 2.45) is 0 Å². The molecule has 4 rings (SSSR count). The molecule has 1 heterocycles. The van der Waals surface area contributed by atoms with Gasteiger partial charge in [0.2, 0.25) is 0 Å². The van der Waals surface area contributed by atoms with E-state index in [9.17, 15) is 15.2 Å². The number of aromatic nitrogens is 3. The summed E-state index contributed by atoms with van der Waals surface area (Å²) < 4.78 is 7.19. The first kappa shape index (κ1) is 28.5. The fraction of sp³-hybridized carbons (Fsp3) is 0.226. The predicted molar refractivity (Wildman–Crippen MR) is 156 cm³/mol. The summed E-state index contributed by atoms with van der Waals surface area (Å²) in [4.78, 5) is 12.6. The number of benzene rings is 3. The van der Waals surface area contributed by atoms with E-state index in [0.717, 1.165) is 16.8 Å². The molecule has 0 saturated carbocycles. The standard InChI is InChI=1S/C31H31N5O3S/c1-31(2,3)23-12-10-22(11-13-23)28-34-35-30(36(28)24-14-16-25(39-4)17-15-24)40-20-27(37)26(18-32)29(38)33-19-21-8-6-5-7-9-21/h5-17,37H,19-20H2,1-4H3,(H,33,38). The molecule has 2 N–H and O–H groups in total. The van der Waals surface area contributed by atoms with Crippen molar-refractivity contribution < 1.29 is 14.6 Å². The summed E-state index contributed by atoms with van der Waals surface area (Å²) in [6, 6.07) is 26.8. The van der Waals surface area contributed by atoms with E-state index >= 15 is 0 Å². The average molecular weight is 554 g/mol. The van der Waals surface area contributed by atoms with Crippen LogP contribution in [0.5, 0.6) is 5.75 Å². The molecule has 0 aliphatic carbocycles. The van der Waals surface area contributed by atoms with E-state index in [1.54, 1.807) is 7.11 Å². The molecule has 8 nitrogen and oxygen atoms in total. The predicted octanol–water partition coefficient (Wildman–Crippen LogP) is 5.98. The Hall–Kier alpha value is -4.55. The first-order valence-corrected chi connectivity index (χ1v) is 13.7. The molecule has 40 heavy (non-hydrogen) atoms. The lowest BCUT2D eigenvalue weighted by Gasteiger charge is -2.19. The highest BCUT2D eigenvalue weighted by Crippen LogP contribution is 2.31. The molecule has 0 aliphatic rings. The lowest BCUT2D eigenvalue weighted by atomic mass is 9.87. The van der Waals surface area contributed by atoms with Crippen molar-refractivity contribution in [1.82, 2.24) is 20.1 Å². The number of nitrogens with zero attached hydrogens (tertiary/aromatic N) is 4. The number of ether oxygens (including phenoxy) is 1. The van der Waals surface area contributed by atoms with Gasteiger partial charge in [0.05, 0.1) is 12.9 Å². The molecule has 0 saturated heterocycles. The fourth-order valence-corrected chi connectivity index (χ4v) is 4.78. The van der Waals surface area contributed by atoms with Crippen LogP contribution in [0.2, 0.25) is 0 Å². The van der Waals surface area contributed by atoms with Crippen LogP contribution in [0.25, 0.3) is 17.1 Å². The van der Waals surface area contributed by atoms with Gasteiger partial charge in [0.1, 0.15) is 17.6 Å². The van der Waals surface area contributed by atoms with Gasteiger partial charge in [-0.2, -0.15) is 5.26 Å². The summed E-state index contributed by atoms with van der Waals surface area (Å²) >= 11 is 1.18. The molecule has 3 aromatic carbocycles. The normalized spacial score (nSPS) is 11.9. The summed E-state index contributed by atoms with van der Waals surface area (Å²) in [6.45, 7) is 6.73. The molecule has 1 amide bonds. The fourth-order valence-electron chi connectivity index (χ4n) is 3.95. The minimum absolute atomic E-state index is 0.0128. The lowest BCUT2D eigenvalue weighted by molar-refractivity contribution is -0.117. The van der Waals surface area contributed by atoms with Gasteiger partial charge < -0.3 is 15.2 Å². The van der Waals surface area contributed by atoms with E-state index in [2.05, 4.69) is 48.4 Å². The number of methoxy groups -OCH3 is 1. The zero-order chi connectivity index (χ0) is 28.7. The van der Waals surface area contributed by atoms with Crippen molar-refractivity contribution in [3.8, 4) is 28.9 Å². The Morgan fingerprint density at radius 2 is 1.70 bits per heavy atom. The number of amides is 1. The van der Waals surface area contributed by atoms with Gasteiger partial charge >= 0.3 is 0 Å². The SMILES string of the molecule is COc1ccc(-n2c(SCC(O)=C(C#N)C(=O)NCc3ccccc3)nnc2-c2ccc(C(C)(C)C)cc2)cc1. The van der Waals surface area contributed by atoms with Crippen molar-refractivity contribution in [2.75, 3.05) is 12.9 Å². The second-order valence-corrected chi connectivity index (χ2v) is 11.0. The van der Waals surface area contributed by atoms with Gasteiger partial charge in [0.25, 0.3) is 5.91 Å². The molecule has 4 aromatic rings. The van der Waals surface area contributed by atoms with Gasteiger partial charge in [-0.3, -0.25) is 9.36 Å². The number of thioether (sulfide) groups is 1. The Labute approximate surface area is 238 Å². The smallest absolute Gasteiger partial charge is 0.265 e. The van der Waals surface area contributed by atoms with Crippen LogP contribution in [0.1, 0.15) is 31.9 Å². The van der Waals surface area contributed by atoms with Crippen LogP contribution in [-0.4, -0.2) is 38.6 Å². The van der Waals surface area contributed by atoms with Gasteiger partial charge in [0, 0.05) is 17.8 Å². The molecule has 0 atom stereocenters. The zero-order valence-corrected chi connectivity index (χ0v) is 23.7. The Bertz CT molecular complexity index is 1530. The summed E-state index contributed by atoms with van der Waals surface area (Å²) in [5.74, 6) is 0.318. The van der Waals surface area contributed by atoms with Crippen LogP contribution in [-0.2, 0) is 16.8 Å². The molecule has 1 aromatic heterocycles. The molecular weight excluding hydrogens is 522 g/mol. The second kappa shape index (κ2) is 12.5. The molecule has 0 spiro atoms. The number of nitriles is 1. The van der Waals surface area contributed by atoms with Crippen LogP contribution in [0.3, 0.4) is 0 Å². The van der Waals surface area contributed by atoms with Crippen molar-refractivity contribution in [1.29, 1.82) is 5.26 Å². The van der Waals surface area contributed by atoms with E-state index in [1.807, 2.05) is 77.4 Å². The lowest BCUT2D eigenvalue weighted by Crippen LogP contribution is -2.25. The third-order valence-electron chi connectivity index (χ3n) is 6.23. The highest BCUT2D eigenvalue weighted by molar-refractivity contribution is 7.99. The molecular formula is C31H31N5O3S. The van der Waals surface area contributed by atoms with Gasteiger partial charge in [-0.05, 0) is 40.8 Å². The third kappa shape index (κ3) is 6.71. The molecule has 0 aliphatic heterocycles. The van der Waals surface area contributed by atoms with E-state index in [-0.39, 0.29) is 29.0 Å². The van der Waals surface area contributed by atoms with Crippen LogP contribution in [0.4, 0.5) is 0 Å². The van der Waals surface area contributed by atoms with Crippen molar-refractivity contribution in [2.45, 2.75) is 37.9 Å². The van der Waals surface area contributed by atoms with Crippen molar-refractivity contribution in [3.05, 3.63) is 101 Å². The highest BCUT2D eigenvalue weighted by atomic mass is 32.2. The van der Waals surface area contributed by atoms with Crippen LogP contribution in [0.15, 0.2) is 95.4 Å². The van der Waals surface area contributed by atoms with Gasteiger partial charge in [0.15, 0.2) is 16.6 Å². The van der Waals surface area contributed by atoms with E-state index in [1.165, 1.54) is 17.3 Å². The Morgan fingerprint density at radius 1 is 1.02 bits per heavy atom. The maximum atomic E-state index is 12.6. The van der Waals surface area contributed by atoms with Gasteiger partial charge in [-0.25, -0.2) is 0 Å². The molecule has 0 radical (unpaired) electrons. The molecule has 204 valence electrons. The summed E-state index contributed by atoms with van der Waals surface area (Å²) in [6.07, 6.45) is 0. The summed E-state index contributed by atoms with van der Waals surface area (Å²) in [5.41, 5.74) is 3.44. The maximum absolute atomic E-state index is 12.6. The summed E-state index contributed by atoms with van der Waals surface area (Å²) in [7, 11) is 1.61. The second-order valence-electron chi connectivity index (χ2n) is 10.1. The third-order valence-corrected chi connectivity index (χ3v) is 7.17. The largest absolute Gasteiger partial charge is 0.510 e. The minimum atomic E-state index is -0.638. The number of hydrogen-bond donors (Lipinski definition) is 2. The number of hydrogen-bond acceptors (Lipinski definition) is 7. The van der Waals surface area contributed by atoms with Crippen LogP contribution in [0, 0.1) is 11.3 Å². The van der Waals surface area contributed by atoms with Crippen molar-refractivity contribution >= 4 is 17.7 Å². The molecule has 9 heteroatoms. The average Bonchev–Trinajstić information content (AvgIpc) is 3.39. The van der Waals surface area contributed by atoms with Crippen LogP contribution >= 0.6 is 11.8 Å². The van der Waals surface area contributed by atoms with E-state index in [0.29, 0.717) is 16.7 Å². The first-order chi connectivity index (χ1) is 19.2. The quantitative estimate of drug-likeness (QED) is 0.113. The Kier molecular flexibility index (Phi) is 8.92. The van der Waals surface area contributed by atoms with E-state index in [4.69, 9.17) is 4.74 Å². The van der Waals surface area contributed by atoms with Gasteiger partial charge in [-0.15, -0.1) is 10.2 Å². The topological polar surface area (TPSA) is 113 Å². The van der Waals surface area contributed by atoms with E-state index < -0.39 is 5.91 Å². The monoisotopic (exact) mass is 553 g/mol. The van der Waals surface area contributed by atoms with Crippen LogP contribution < -0.4 is 10.1 Å².